The molecule has 0 radical (unpaired) electrons. The number of nitrogens with one attached hydrogen (secondary N) is 1. The Kier molecular flexibility index (Phi) is 5.41. The summed E-state index contributed by atoms with van der Waals surface area (Å²) in [6, 6.07) is 0. The second kappa shape index (κ2) is 6.59. The predicted molar refractivity (Wildman–Crippen MR) is 62.6 cm³/mol. The smallest absolute Gasteiger partial charge is 0.303 e. The molecule has 0 aromatic carbocycles. The van der Waals surface area contributed by atoms with Gasteiger partial charge < -0.3 is 15.2 Å². The van der Waals surface area contributed by atoms with Crippen molar-refractivity contribution in [3.8, 4) is 0 Å². The van der Waals surface area contributed by atoms with E-state index in [4.69, 9.17) is 9.84 Å². The molecule has 3 atom stereocenters. The number of amides is 1. The molecule has 0 saturated carbocycles. The van der Waals surface area contributed by atoms with Gasteiger partial charge in [0.25, 0.3) is 0 Å². The maximum Gasteiger partial charge on any atom is 0.303 e. The van der Waals surface area contributed by atoms with Crippen LogP contribution in [0.5, 0.6) is 0 Å². The van der Waals surface area contributed by atoms with Crippen LogP contribution in [-0.4, -0.2) is 36.2 Å². The number of rotatable bonds is 6. The van der Waals surface area contributed by atoms with Crippen LogP contribution in [0.1, 0.15) is 33.1 Å². The number of carboxylic acid groups (broad SMARTS) is 1. The molecule has 1 saturated heterocycles. The van der Waals surface area contributed by atoms with E-state index in [9.17, 15) is 9.59 Å². The summed E-state index contributed by atoms with van der Waals surface area (Å²) >= 11 is 0. The van der Waals surface area contributed by atoms with Crippen LogP contribution in [0.4, 0.5) is 0 Å². The largest absolute Gasteiger partial charge is 0.481 e. The minimum Gasteiger partial charge on any atom is -0.481 e. The third-order valence-electron chi connectivity index (χ3n) is 3.25. The standard InChI is InChI=1S/C12H21NO4/c1-3-9(6-10(14)15)7-13-12(16)11-8(2)4-5-17-11/h8-9,11H,3-7H2,1-2H3,(H,13,16)(H,14,15). The average Bonchev–Trinajstić information content (AvgIpc) is 2.69. The molecule has 5 nitrogen and oxygen atoms in total. The van der Waals surface area contributed by atoms with Gasteiger partial charge in [0.2, 0.25) is 5.91 Å². The van der Waals surface area contributed by atoms with Crippen molar-refractivity contribution in [1.82, 2.24) is 5.32 Å². The summed E-state index contributed by atoms with van der Waals surface area (Å²) in [7, 11) is 0. The summed E-state index contributed by atoms with van der Waals surface area (Å²) in [5, 5.41) is 11.5. The number of ether oxygens (including phenoxy) is 1. The van der Waals surface area contributed by atoms with E-state index >= 15 is 0 Å². The molecule has 0 bridgehead atoms. The first-order valence-corrected chi connectivity index (χ1v) is 6.15. The Morgan fingerprint density at radius 3 is 2.71 bits per heavy atom. The van der Waals surface area contributed by atoms with Gasteiger partial charge in [-0.1, -0.05) is 20.3 Å². The van der Waals surface area contributed by atoms with Gasteiger partial charge in [-0.25, -0.2) is 0 Å². The SMILES string of the molecule is CCC(CNC(=O)C1OCCC1C)CC(=O)O. The first-order chi connectivity index (χ1) is 8.04. The predicted octanol–water partition coefficient (Wildman–Crippen LogP) is 1.03. The monoisotopic (exact) mass is 243 g/mol. The molecular formula is C12H21NO4. The number of aliphatic carboxylic acids is 1. The van der Waals surface area contributed by atoms with Crippen molar-refractivity contribution >= 4 is 11.9 Å². The highest BCUT2D eigenvalue weighted by molar-refractivity contribution is 5.81. The van der Waals surface area contributed by atoms with Crippen molar-refractivity contribution in [2.75, 3.05) is 13.2 Å². The number of carbonyl (C=O) groups is 2. The summed E-state index contributed by atoms with van der Waals surface area (Å²) in [6.45, 7) is 4.96. The molecule has 1 fully saturated rings. The Morgan fingerprint density at radius 1 is 1.53 bits per heavy atom. The molecule has 0 aromatic rings. The van der Waals surface area contributed by atoms with Gasteiger partial charge >= 0.3 is 5.97 Å². The van der Waals surface area contributed by atoms with Gasteiger partial charge in [0, 0.05) is 19.6 Å². The lowest BCUT2D eigenvalue weighted by Crippen LogP contribution is -2.39. The Bertz CT molecular complexity index is 280. The fraction of sp³-hybridized carbons (Fsp3) is 0.833. The van der Waals surface area contributed by atoms with Crippen molar-refractivity contribution in [2.45, 2.75) is 39.2 Å². The highest BCUT2D eigenvalue weighted by Gasteiger charge is 2.30. The maximum absolute atomic E-state index is 11.8. The molecule has 1 heterocycles. The first-order valence-electron chi connectivity index (χ1n) is 6.15. The molecule has 5 heteroatoms. The van der Waals surface area contributed by atoms with E-state index in [2.05, 4.69) is 5.32 Å². The van der Waals surface area contributed by atoms with Crippen molar-refractivity contribution in [3.05, 3.63) is 0 Å². The lowest BCUT2D eigenvalue weighted by Gasteiger charge is -2.17. The van der Waals surface area contributed by atoms with E-state index in [-0.39, 0.29) is 30.3 Å². The van der Waals surface area contributed by atoms with Gasteiger partial charge in [-0.05, 0) is 18.3 Å². The van der Waals surface area contributed by atoms with Crippen molar-refractivity contribution in [3.63, 3.8) is 0 Å². The Balaban J connectivity index is 2.33. The fourth-order valence-electron chi connectivity index (χ4n) is 1.98. The molecular weight excluding hydrogens is 222 g/mol. The molecule has 17 heavy (non-hydrogen) atoms. The van der Waals surface area contributed by atoms with Crippen molar-refractivity contribution < 1.29 is 19.4 Å². The van der Waals surface area contributed by atoms with Gasteiger partial charge in [0.15, 0.2) is 0 Å². The van der Waals surface area contributed by atoms with E-state index in [1.165, 1.54) is 0 Å². The zero-order chi connectivity index (χ0) is 12.8. The first kappa shape index (κ1) is 14.0. The molecule has 1 aliphatic rings. The highest BCUT2D eigenvalue weighted by atomic mass is 16.5. The topological polar surface area (TPSA) is 75.6 Å². The van der Waals surface area contributed by atoms with Crippen LogP contribution in [0.15, 0.2) is 0 Å². The fourth-order valence-corrected chi connectivity index (χ4v) is 1.98. The number of hydrogen-bond acceptors (Lipinski definition) is 3. The Labute approximate surface area is 102 Å². The summed E-state index contributed by atoms with van der Waals surface area (Å²) in [4.78, 5) is 22.4. The second-order valence-corrected chi connectivity index (χ2v) is 4.67. The van der Waals surface area contributed by atoms with Gasteiger partial charge in [-0.2, -0.15) is 0 Å². The van der Waals surface area contributed by atoms with Crippen LogP contribution < -0.4 is 5.32 Å². The van der Waals surface area contributed by atoms with Crippen molar-refractivity contribution in [1.29, 1.82) is 0 Å². The van der Waals surface area contributed by atoms with Crippen molar-refractivity contribution in [2.24, 2.45) is 11.8 Å². The number of carbonyl (C=O) groups excluding carboxylic acids is 1. The van der Waals surface area contributed by atoms with E-state index < -0.39 is 5.97 Å². The van der Waals surface area contributed by atoms with Crippen LogP contribution in [-0.2, 0) is 14.3 Å². The molecule has 3 unspecified atom stereocenters. The lowest BCUT2D eigenvalue weighted by molar-refractivity contribution is -0.138. The summed E-state index contributed by atoms with van der Waals surface area (Å²) in [6.07, 6.45) is 1.38. The third-order valence-corrected chi connectivity index (χ3v) is 3.25. The van der Waals surface area contributed by atoms with E-state index in [0.29, 0.717) is 13.2 Å². The van der Waals surface area contributed by atoms with E-state index in [1.807, 2.05) is 13.8 Å². The van der Waals surface area contributed by atoms with Crippen LogP contribution >= 0.6 is 0 Å². The summed E-state index contributed by atoms with van der Waals surface area (Å²) in [5.74, 6) is -0.696. The molecule has 0 aromatic heterocycles. The van der Waals surface area contributed by atoms with Gasteiger partial charge in [0.1, 0.15) is 6.10 Å². The third kappa shape index (κ3) is 4.34. The molecule has 0 spiro atoms. The minimum absolute atomic E-state index is 0.00633. The lowest BCUT2D eigenvalue weighted by atomic mass is 10.0. The summed E-state index contributed by atoms with van der Waals surface area (Å²) < 4.78 is 5.35. The Morgan fingerprint density at radius 2 is 2.24 bits per heavy atom. The molecule has 2 N–H and O–H groups in total. The summed E-state index contributed by atoms with van der Waals surface area (Å²) in [5.41, 5.74) is 0. The average molecular weight is 243 g/mol. The zero-order valence-electron chi connectivity index (χ0n) is 10.4. The van der Waals surface area contributed by atoms with Gasteiger partial charge in [-0.15, -0.1) is 0 Å². The number of hydrogen-bond donors (Lipinski definition) is 2. The van der Waals surface area contributed by atoms with E-state index in [1.54, 1.807) is 0 Å². The highest BCUT2D eigenvalue weighted by Crippen LogP contribution is 2.20. The molecule has 1 rings (SSSR count). The maximum atomic E-state index is 11.8. The van der Waals surface area contributed by atoms with Crippen LogP contribution in [0.3, 0.4) is 0 Å². The van der Waals surface area contributed by atoms with Crippen LogP contribution in [0.2, 0.25) is 0 Å². The van der Waals surface area contributed by atoms with Crippen LogP contribution in [0.25, 0.3) is 0 Å². The Hall–Kier alpha value is -1.10. The minimum atomic E-state index is -0.823. The van der Waals surface area contributed by atoms with Gasteiger partial charge in [-0.3, -0.25) is 9.59 Å². The zero-order valence-corrected chi connectivity index (χ0v) is 10.4. The van der Waals surface area contributed by atoms with Gasteiger partial charge in [0.05, 0.1) is 0 Å². The quantitative estimate of drug-likeness (QED) is 0.730. The number of carboxylic acids is 1. The molecule has 1 amide bonds. The molecule has 1 aliphatic heterocycles. The molecule has 98 valence electrons. The molecule has 0 aliphatic carbocycles. The van der Waals surface area contributed by atoms with E-state index in [0.717, 1.165) is 12.8 Å². The normalized spacial score (nSPS) is 25.5. The van der Waals surface area contributed by atoms with Crippen LogP contribution in [0, 0.1) is 11.8 Å². The second-order valence-electron chi connectivity index (χ2n) is 4.67.